The fraction of sp³-hybridized carbons (Fsp3) is 0.0833. The standard InChI is InChI=1S/C12H8BrN3O/c1-16-7-9(6-14)11(15-12(16)17)8-3-2-4-10(13)5-8/h2-5,7H,1H3. The molecule has 0 radical (unpaired) electrons. The molecule has 0 saturated heterocycles. The Hall–Kier alpha value is -1.93. The van der Waals surface area contributed by atoms with Crippen LogP contribution in [0.2, 0.25) is 0 Å². The van der Waals surface area contributed by atoms with Gasteiger partial charge in [0.1, 0.15) is 6.07 Å². The highest BCUT2D eigenvalue weighted by atomic mass is 79.9. The SMILES string of the molecule is Cn1cc(C#N)c(-c2cccc(Br)c2)nc1=O. The van der Waals surface area contributed by atoms with Gasteiger partial charge in [-0.05, 0) is 12.1 Å². The Morgan fingerprint density at radius 1 is 1.47 bits per heavy atom. The Balaban J connectivity index is 2.72. The molecule has 0 aliphatic carbocycles. The van der Waals surface area contributed by atoms with Crippen LogP contribution in [0.1, 0.15) is 5.56 Å². The van der Waals surface area contributed by atoms with Gasteiger partial charge in [-0.2, -0.15) is 10.2 Å². The van der Waals surface area contributed by atoms with Crippen LogP contribution >= 0.6 is 15.9 Å². The zero-order valence-corrected chi connectivity index (χ0v) is 10.6. The molecular weight excluding hydrogens is 282 g/mol. The van der Waals surface area contributed by atoms with Gasteiger partial charge in [0.15, 0.2) is 0 Å². The molecule has 0 N–H and O–H groups in total. The van der Waals surface area contributed by atoms with Crippen LogP contribution in [0.15, 0.2) is 39.7 Å². The molecule has 84 valence electrons. The van der Waals surface area contributed by atoms with Crippen LogP contribution < -0.4 is 5.69 Å². The third-order valence-corrected chi connectivity index (χ3v) is 2.80. The van der Waals surface area contributed by atoms with Gasteiger partial charge in [0, 0.05) is 23.3 Å². The summed E-state index contributed by atoms with van der Waals surface area (Å²) in [4.78, 5) is 15.4. The zero-order valence-electron chi connectivity index (χ0n) is 9.01. The molecule has 0 aliphatic rings. The second-order valence-corrected chi connectivity index (χ2v) is 4.43. The molecule has 1 aromatic heterocycles. The van der Waals surface area contributed by atoms with E-state index in [-0.39, 0.29) is 5.69 Å². The molecule has 0 aliphatic heterocycles. The number of rotatable bonds is 1. The molecule has 0 unspecified atom stereocenters. The highest BCUT2D eigenvalue weighted by Gasteiger charge is 2.09. The topological polar surface area (TPSA) is 58.7 Å². The maximum absolute atomic E-state index is 11.5. The Kier molecular flexibility index (Phi) is 3.07. The first-order valence-corrected chi connectivity index (χ1v) is 5.65. The first-order valence-electron chi connectivity index (χ1n) is 4.85. The maximum Gasteiger partial charge on any atom is 0.347 e. The van der Waals surface area contributed by atoms with Gasteiger partial charge in [0.2, 0.25) is 0 Å². The summed E-state index contributed by atoms with van der Waals surface area (Å²) < 4.78 is 2.17. The molecule has 0 atom stereocenters. The van der Waals surface area contributed by atoms with E-state index in [1.54, 1.807) is 7.05 Å². The van der Waals surface area contributed by atoms with Crippen molar-refractivity contribution in [2.24, 2.45) is 7.05 Å². The van der Waals surface area contributed by atoms with E-state index in [1.165, 1.54) is 10.8 Å². The fourth-order valence-corrected chi connectivity index (χ4v) is 1.88. The van der Waals surface area contributed by atoms with Crippen LogP contribution in [0, 0.1) is 11.3 Å². The molecule has 4 nitrogen and oxygen atoms in total. The predicted octanol–water partition coefficient (Wildman–Crippen LogP) is 2.08. The minimum atomic E-state index is -0.376. The van der Waals surface area contributed by atoms with Crippen LogP contribution in [0.4, 0.5) is 0 Å². The minimum Gasteiger partial charge on any atom is -0.301 e. The molecule has 2 rings (SSSR count). The molecule has 0 amide bonds. The lowest BCUT2D eigenvalue weighted by molar-refractivity contribution is 0.809. The summed E-state index contributed by atoms with van der Waals surface area (Å²) >= 11 is 3.34. The Morgan fingerprint density at radius 2 is 2.24 bits per heavy atom. The summed E-state index contributed by atoms with van der Waals surface area (Å²) in [5.41, 5.74) is 1.16. The predicted molar refractivity (Wildman–Crippen MR) is 67.3 cm³/mol. The van der Waals surface area contributed by atoms with E-state index in [0.717, 1.165) is 10.0 Å². The average Bonchev–Trinajstić information content (AvgIpc) is 2.32. The molecular formula is C12H8BrN3O. The van der Waals surface area contributed by atoms with Crippen molar-refractivity contribution in [1.82, 2.24) is 9.55 Å². The Bertz CT molecular complexity index is 670. The highest BCUT2D eigenvalue weighted by Crippen LogP contribution is 2.22. The fourth-order valence-electron chi connectivity index (χ4n) is 1.48. The first-order chi connectivity index (χ1) is 8.11. The van der Waals surface area contributed by atoms with Crippen molar-refractivity contribution in [3.8, 4) is 17.3 Å². The number of hydrogen-bond donors (Lipinski definition) is 0. The first kappa shape index (κ1) is 11.6. The average molecular weight is 290 g/mol. The van der Waals surface area contributed by atoms with Gasteiger partial charge >= 0.3 is 5.69 Å². The highest BCUT2D eigenvalue weighted by molar-refractivity contribution is 9.10. The molecule has 1 heterocycles. The van der Waals surface area contributed by atoms with Gasteiger partial charge in [0.25, 0.3) is 0 Å². The number of aryl methyl sites for hydroxylation is 1. The van der Waals surface area contributed by atoms with Crippen molar-refractivity contribution < 1.29 is 0 Å². The van der Waals surface area contributed by atoms with E-state index in [1.807, 2.05) is 30.3 Å². The second-order valence-electron chi connectivity index (χ2n) is 3.52. The van der Waals surface area contributed by atoms with E-state index in [4.69, 9.17) is 5.26 Å². The van der Waals surface area contributed by atoms with Crippen LogP contribution in [0.3, 0.4) is 0 Å². The number of nitrogens with zero attached hydrogens (tertiary/aromatic N) is 3. The van der Waals surface area contributed by atoms with E-state index < -0.39 is 0 Å². The van der Waals surface area contributed by atoms with Gasteiger partial charge in [-0.15, -0.1) is 0 Å². The minimum absolute atomic E-state index is 0.376. The molecule has 2 aromatic rings. The summed E-state index contributed by atoms with van der Waals surface area (Å²) in [6.07, 6.45) is 1.49. The largest absolute Gasteiger partial charge is 0.347 e. The van der Waals surface area contributed by atoms with Gasteiger partial charge in [0.05, 0.1) is 11.3 Å². The molecule has 5 heteroatoms. The van der Waals surface area contributed by atoms with E-state index in [2.05, 4.69) is 20.9 Å². The molecule has 0 saturated carbocycles. The van der Waals surface area contributed by atoms with Crippen molar-refractivity contribution in [1.29, 1.82) is 5.26 Å². The van der Waals surface area contributed by atoms with Crippen molar-refractivity contribution in [3.05, 3.63) is 51.0 Å². The quantitative estimate of drug-likeness (QED) is 0.808. The molecule has 0 bridgehead atoms. The van der Waals surface area contributed by atoms with Crippen molar-refractivity contribution >= 4 is 15.9 Å². The smallest absolute Gasteiger partial charge is 0.301 e. The lowest BCUT2D eigenvalue weighted by atomic mass is 10.1. The van der Waals surface area contributed by atoms with E-state index in [9.17, 15) is 4.79 Å². The Labute approximate surface area is 106 Å². The van der Waals surface area contributed by atoms with Gasteiger partial charge in [-0.25, -0.2) is 4.79 Å². The second kappa shape index (κ2) is 4.52. The summed E-state index contributed by atoms with van der Waals surface area (Å²) in [5.74, 6) is 0. The number of halogens is 1. The third-order valence-electron chi connectivity index (χ3n) is 2.31. The molecule has 0 fully saturated rings. The monoisotopic (exact) mass is 289 g/mol. The number of hydrogen-bond acceptors (Lipinski definition) is 3. The number of aromatic nitrogens is 2. The van der Waals surface area contributed by atoms with Crippen molar-refractivity contribution in [3.63, 3.8) is 0 Å². The van der Waals surface area contributed by atoms with Gasteiger partial charge in [-0.1, -0.05) is 28.1 Å². The van der Waals surface area contributed by atoms with Crippen molar-refractivity contribution in [2.75, 3.05) is 0 Å². The lowest BCUT2D eigenvalue weighted by Gasteiger charge is -2.05. The zero-order chi connectivity index (χ0) is 12.4. The van der Waals surface area contributed by atoms with Crippen molar-refractivity contribution in [2.45, 2.75) is 0 Å². The van der Waals surface area contributed by atoms with E-state index in [0.29, 0.717) is 11.3 Å². The van der Waals surface area contributed by atoms with Crippen LogP contribution in [-0.2, 0) is 7.05 Å². The molecule has 0 spiro atoms. The van der Waals surface area contributed by atoms with Crippen LogP contribution in [-0.4, -0.2) is 9.55 Å². The van der Waals surface area contributed by atoms with E-state index >= 15 is 0 Å². The summed E-state index contributed by atoms with van der Waals surface area (Å²) in [6.45, 7) is 0. The summed E-state index contributed by atoms with van der Waals surface area (Å²) in [7, 11) is 1.57. The van der Waals surface area contributed by atoms with Crippen LogP contribution in [0.25, 0.3) is 11.3 Å². The van der Waals surface area contributed by atoms with Crippen LogP contribution in [0.5, 0.6) is 0 Å². The summed E-state index contributed by atoms with van der Waals surface area (Å²) in [6, 6.07) is 9.38. The normalized spacial score (nSPS) is 9.94. The number of nitriles is 1. The molecule has 1 aromatic carbocycles. The Morgan fingerprint density at radius 3 is 2.88 bits per heavy atom. The maximum atomic E-state index is 11.5. The molecule has 17 heavy (non-hydrogen) atoms. The lowest BCUT2D eigenvalue weighted by Crippen LogP contribution is -2.20. The van der Waals surface area contributed by atoms with Gasteiger partial charge < -0.3 is 4.57 Å². The summed E-state index contributed by atoms with van der Waals surface area (Å²) in [5, 5.41) is 9.05. The number of benzene rings is 1. The third kappa shape index (κ3) is 2.27. The van der Waals surface area contributed by atoms with Gasteiger partial charge in [-0.3, -0.25) is 0 Å².